The van der Waals surface area contributed by atoms with Crippen molar-refractivity contribution in [3.63, 3.8) is 0 Å². The summed E-state index contributed by atoms with van der Waals surface area (Å²) in [5, 5.41) is 2.51. The molecule has 0 aliphatic carbocycles. The fraction of sp³-hybridized carbons (Fsp3) is 0.0588. The lowest BCUT2D eigenvalue weighted by Crippen LogP contribution is -1.97. The highest BCUT2D eigenvalue weighted by molar-refractivity contribution is 6.09. The summed E-state index contributed by atoms with van der Waals surface area (Å²) >= 11 is 0. The molecule has 2 heterocycles. The van der Waals surface area contributed by atoms with E-state index in [2.05, 4.69) is 63.1 Å². The van der Waals surface area contributed by atoms with Gasteiger partial charge in [-0.25, -0.2) is 9.97 Å². The molecule has 0 aliphatic rings. The van der Waals surface area contributed by atoms with Crippen LogP contribution in [0.4, 0.5) is 0 Å². The molecule has 0 unspecified atom stereocenters. The first kappa shape index (κ1) is 11.2. The second-order valence-electron chi connectivity index (χ2n) is 4.86. The molecule has 2 aromatic carbocycles. The highest BCUT2D eigenvalue weighted by Gasteiger charge is 2.11. The second-order valence-corrected chi connectivity index (χ2v) is 4.86. The van der Waals surface area contributed by atoms with Crippen molar-refractivity contribution in [3.8, 4) is 5.69 Å². The Hall–Kier alpha value is -2.68. The van der Waals surface area contributed by atoms with E-state index in [1.54, 1.807) is 0 Å². The van der Waals surface area contributed by atoms with E-state index >= 15 is 0 Å². The molecule has 4 aromatic rings. The molecule has 0 spiro atoms. The van der Waals surface area contributed by atoms with Crippen LogP contribution in [-0.2, 0) is 0 Å². The van der Waals surface area contributed by atoms with Crippen molar-refractivity contribution in [1.82, 2.24) is 14.5 Å². The lowest BCUT2D eigenvalue weighted by molar-refractivity contribution is 1.01. The molecule has 0 bridgehead atoms. The molecule has 3 nitrogen and oxygen atoms in total. The van der Waals surface area contributed by atoms with Gasteiger partial charge in [-0.05, 0) is 19.1 Å². The molecular formula is C17H13N3. The predicted molar refractivity (Wildman–Crippen MR) is 81.1 cm³/mol. The summed E-state index contributed by atoms with van der Waals surface area (Å²) < 4.78 is 2.21. The van der Waals surface area contributed by atoms with E-state index in [-0.39, 0.29) is 0 Å². The van der Waals surface area contributed by atoms with Gasteiger partial charge < -0.3 is 4.57 Å². The molecule has 0 atom stereocenters. The topological polar surface area (TPSA) is 30.7 Å². The standard InChI is InChI=1S/C17H13N3/c1-12-18-10-13(11-19-12)20-16-8-4-2-6-14(16)15-7-3-5-9-17(15)20/h2-11H,1H3. The molecule has 96 valence electrons. The Morgan fingerprint density at radius 2 is 1.25 bits per heavy atom. The van der Waals surface area contributed by atoms with Gasteiger partial charge in [0.1, 0.15) is 5.82 Å². The Balaban J connectivity index is 2.17. The van der Waals surface area contributed by atoms with E-state index in [9.17, 15) is 0 Å². The quantitative estimate of drug-likeness (QED) is 0.519. The van der Waals surface area contributed by atoms with Gasteiger partial charge in [0.15, 0.2) is 0 Å². The van der Waals surface area contributed by atoms with E-state index in [0.717, 1.165) is 11.5 Å². The number of nitrogens with zero attached hydrogens (tertiary/aromatic N) is 3. The minimum atomic E-state index is 0.787. The normalized spacial score (nSPS) is 11.2. The van der Waals surface area contributed by atoms with Crippen LogP contribution in [0.25, 0.3) is 27.5 Å². The number of fused-ring (bicyclic) bond motifs is 3. The Morgan fingerprint density at radius 1 is 0.750 bits per heavy atom. The zero-order valence-electron chi connectivity index (χ0n) is 11.1. The number of benzene rings is 2. The third-order valence-electron chi connectivity index (χ3n) is 3.61. The van der Waals surface area contributed by atoms with Gasteiger partial charge >= 0.3 is 0 Å². The van der Waals surface area contributed by atoms with Gasteiger partial charge in [0, 0.05) is 10.8 Å². The zero-order chi connectivity index (χ0) is 13.5. The molecular weight excluding hydrogens is 246 g/mol. The van der Waals surface area contributed by atoms with Crippen molar-refractivity contribution >= 4 is 21.8 Å². The Kier molecular flexibility index (Phi) is 2.33. The second kappa shape index (κ2) is 4.17. The fourth-order valence-electron chi connectivity index (χ4n) is 2.70. The molecule has 20 heavy (non-hydrogen) atoms. The third kappa shape index (κ3) is 1.53. The summed E-state index contributed by atoms with van der Waals surface area (Å²) in [5.41, 5.74) is 3.36. The monoisotopic (exact) mass is 259 g/mol. The Bertz CT molecular complexity index is 851. The molecule has 0 fully saturated rings. The largest absolute Gasteiger partial charge is 0.306 e. The van der Waals surface area contributed by atoms with E-state index in [4.69, 9.17) is 0 Å². The van der Waals surface area contributed by atoms with Crippen LogP contribution in [0, 0.1) is 6.92 Å². The SMILES string of the molecule is Cc1ncc(-n2c3ccccc3c3ccccc32)cn1. The maximum absolute atomic E-state index is 4.32. The summed E-state index contributed by atoms with van der Waals surface area (Å²) in [5.74, 6) is 0.787. The number of aromatic nitrogens is 3. The summed E-state index contributed by atoms with van der Waals surface area (Å²) in [4.78, 5) is 8.63. The van der Waals surface area contributed by atoms with Gasteiger partial charge in [-0.1, -0.05) is 36.4 Å². The van der Waals surface area contributed by atoms with E-state index in [1.807, 2.05) is 19.3 Å². The summed E-state index contributed by atoms with van der Waals surface area (Å²) in [7, 11) is 0. The lowest BCUT2D eigenvalue weighted by atomic mass is 10.2. The maximum Gasteiger partial charge on any atom is 0.125 e. The van der Waals surface area contributed by atoms with Crippen LogP contribution in [0.3, 0.4) is 0 Å². The predicted octanol–water partition coefficient (Wildman–Crippen LogP) is 3.88. The smallest absolute Gasteiger partial charge is 0.125 e. The molecule has 0 saturated carbocycles. The minimum Gasteiger partial charge on any atom is -0.306 e. The zero-order valence-corrected chi connectivity index (χ0v) is 11.1. The van der Waals surface area contributed by atoms with Crippen molar-refractivity contribution < 1.29 is 0 Å². The molecule has 3 heteroatoms. The van der Waals surface area contributed by atoms with Gasteiger partial charge in [-0.3, -0.25) is 0 Å². The van der Waals surface area contributed by atoms with Crippen molar-refractivity contribution in [2.45, 2.75) is 6.92 Å². The van der Waals surface area contributed by atoms with Crippen LogP contribution in [-0.4, -0.2) is 14.5 Å². The number of rotatable bonds is 1. The van der Waals surface area contributed by atoms with Gasteiger partial charge in [0.2, 0.25) is 0 Å². The Morgan fingerprint density at radius 3 is 1.80 bits per heavy atom. The van der Waals surface area contributed by atoms with Gasteiger partial charge in [0.25, 0.3) is 0 Å². The highest BCUT2D eigenvalue weighted by Crippen LogP contribution is 2.31. The first-order valence-corrected chi connectivity index (χ1v) is 6.62. The van der Waals surface area contributed by atoms with E-state index in [1.165, 1.54) is 21.8 Å². The van der Waals surface area contributed by atoms with Crippen molar-refractivity contribution in [2.24, 2.45) is 0 Å². The Labute approximate surface area is 116 Å². The van der Waals surface area contributed by atoms with Gasteiger partial charge in [-0.15, -0.1) is 0 Å². The van der Waals surface area contributed by atoms with Crippen LogP contribution in [0.2, 0.25) is 0 Å². The number of hydrogen-bond donors (Lipinski definition) is 0. The van der Waals surface area contributed by atoms with Gasteiger partial charge in [-0.2, -0.15) is 0 Å². The van der Waals surface area contributed by atoms with Crippen molar-refractivity contribution in [1.29, 1.82) is 0 Å². The molecule has 0 radical (unpaired) electrons. The maximum atomic E-state index is 4.32. The van der Waals surface area contributed by atoms with Crippen LogP contribution in [0.5, 0.6) is 0 Å². The van der Waals surface area contributed by atoms with E-state index in [0.29, 0.717) is 0 Å². The van der Waals surface area contributed by atoms with Gasteiger partial charge in [0.05, 0.1) is 29.1 Å². The number of hydrogen-bond acceptors (Lipinski definition) is 2. The summed E-state index contributed by atoms with van der Waals surface area (Å²) in [6.45, 7) is 1.90. The highest BCUT2D eigenvalue weighted by atomic mass is 15.0. The molecule has 0 amide bonds. The molecule has 0 N–H and O–H groups in total. The first-order valence-electron chi connectivity index (χ1n) is 6.62. The van der Waals surface area contributed by atoms with Crippen molar-refractivity contribution in [3.05, 3.63) is 66.7 Å². The molecule has 0 saturated heterocycles. The number of para-hydroxylation sites is 2. The van der Waals surface area contributed by atoms with Crippen LogP contribution < -0.4 is 0 Å². The molecule has 2 aromatic heterocycles. The molecule has 4 rings (SSSR count). The number of aryl methyl sites for hydroxylation is 1. The van der Waals surface area contributed by atoms with Crippen LogP contribution in [0.15, 0.2) is 60.9 Å². The first-order chi connectivity index (χ1) is 9.84. The summed E-state index contributed by atoms with van der Waals surface area (Å²) in [6.07, 6.45) is 3.75. The minimum absolute atomic E-state index is 0.787. The lowest BCUT2D eigenvalue weighted by Gasteiger charge is -2.06. The third-order valence-corrected chi connectivity index (χ3v) is 3.61. The fourth-order valence-corrected chi connectivity index (χ4v) is 2.70. The summed E-state index contributed by atoms with van der Waals surface area (Å²) in [6, 6.07) is 16.9. The van der Waals surface area contributed by atoms with E-state index < -0.39 is 0 Å². The van der Waals surface area contributed by atoms with Crippen molar-refractivity contribution in [2.75, 3.05) is 0 Å². The molecule has 0 aliphatic heterocycles. The average molecular weight is 259 g/mol. The van der Waals surface area contributed by atoms with Crippen LogP contribution >= 0.6 is 0 Å². The average Bonchev–Trinajstić information content (AvgIpc) is 2.83. The van der Waals surface area contributed by atoms with Crippen LogP contribution in [0.1, 0.15) is 5.82 Å².